The molecule has 3 N–H and O–H groups in total. The molecule has 1 aromatic carbocycles. The molecule has 4 saturated carbocycles. The maximum Gasteiger partial charge on any atom is 0.0552 e. The highest BCUT2D eigenvalue weighted by Crippen LogP contribution is 2.58. The van der Waals surface area contributed by atoms with E-state index in [9.17, 15) is 0 Å². The van der Waals surface area contributed by atoms with Crippen LogP contribution in [0.4, 0.5) is 5.69 Å². The highest BCUT2D eigenvalue weighted by atomic mass is 15.0. The molecule has 0 unspecified atom stereocenters. The third kappa shape index (κ3) is 1.81. The van der Waals surface area contributed by atoms with Gasteiger partial charge in [-0.25, -0.2) is 0 Å². The van der Waals surface area contributed by atoms with Crippen LogP contribution in [-0.4, -0.2) is 12.1 Å². The topological polar surface area (TPSA) is 38.0 Å². The summed E-state index contributed by atoms with van der Waals surface area (Å²) < 4.78 is 0. The maximum atomic E-state index is 6.31. The Hall–Kier alpha value is -1.02. The zero-order valence-corrected chi connectivity index (χ0v) is 12.4. The lowest BCUT2D eigenvalue weighted by Crippen LogP contribution is -2.65. The summed E-state index contributed by atoms with van der Waals surface area (Å²) in [5.41, 5.74) is 9.07. The summed E-state index contributed by atoms with van der Waals surface area (Å²) in [5, 5.41) is 3.90. The summed E-state index contributed by atoms with van der Waals surface area (Å²) in [6.07, 6.45) is 7.12. The summed E-state index contributed by atoms with van der Waals surface area (Å²) in [6, 6.07) is 8.78. The van der Waals surface area contributed by atoms with E-state index in [-0.39, 0.29) is 5.54 Å². The first-order valence-electron chi connectivity index (χ1n) is 8.24. The molecule has 108 valence electrons. The van der Waals surface area contributed by atoms with Gasteiger partial charge in [0, 0.05) is 12.2 Å². The number of aryl methyl sites for hydroxylation is 1. The number of hydrogen-bond acceptors (Lipinski definition) is 2. The molecule has 0 heterocycles. The fourth-order valence-electron chi connectivity index (χ4n) is 5.61. The summed E-state index contributed by atoms with van der Waals surface area (Å²) in [7, 11) is 0. The lowest BCUT2D eigenvalue weighted by atomic mass is 9.48. The van der Waals surface area contributed by atoms with Gasteiger partial charge in [0.1, 0.15) is 0 Å². The van der Waals surface area contributed by atoms with Crippen LogP contribution in [0.5, 0.6) is 0 Å². The lowest BCUT2D eigenvalue weighted by Gasteiger charge is -2.61. The molecule has 2 nitrogen and oxygen atoms in total. The second kappa shape index (κ2) is 4.49. The Balaban J connectivity index is 1.66. The second-order valence-corrected chi connectivity index (χ2v) is 7.54. The van der Waals surface area contributed by atoms with Gasteiger partial charge < -0.3 is 11.1 Å². The van der Waals surface area contributed by atoms with Crippen molar-refractivity contribution in [1.82, 2.24) is 0 Å². The van der Waals surface area contributed by atoms with Gasteiger partial charge in [-0.15, -0.1) is 0 Å². The molecule has 0 atom stereocenters. The Kier molecular flexibility index (Phi) is 2.85. The van der Waals surface area contributed by atoms with Gasteiger partial charge in [0.05, 0.1) is 5.54 Å². The van der Waals surface area contributed by atoms with Crippen molar-refractivity contribution in [3.63, 3.8) is 0 Å². The number of nitrogens with one attached hydrogen (secondary N) is 1. The molecule has 2 heteroatoms. The fourth-order valence-corrected chi connectivity index (χ4v) is 5.61. The van der Waals surface area contributed by atoms with Crippen LogP contribution in [0.25, 0.3) is 0 Å². The average Bonchev–Trinajstić information content (AvgIpc) is 2.42. The van der Waals surface area contributed by atoms with Crippen LogP contribution in [0.3, 0.4) is 0 Å². The Morgan fingerprint density at radius 3 is 2.30 bits per heavy atom. The molecule has 0 saturated heterocycles. The largest absolute Gasteiger partial charge is 0.378 e. The monoisotopic (exact) mass is 270 g/mol. The van der Waals surface area contributed by atoms with E-state index in [0.29, 0.717) is 0 Å². The van der Waals surface area contributed by atoms with E-state index < -0.39 is 0 Å². The predicted molar refractivity (Wildman–Crippen MR) is 83.6 cm³/mol. The molecule has 0 spiro atoms. The summed E-state index contributed by atoms with van der Waals surface area (Å²) in [5.74, 6) is 3.58. The number of rotatable bonds is 3. The van der Waals surface area contributed by atoms with Gasteiger partial charge in [-0.1, -0.05) is 12.1 Å². The molecule has 0 amide bonds. The molecule has 5 rings (SSSR count). The first-order valence-corrected chi connectivity index (χ1v) is 8.24. The lowest BCUT2D eigenvalue weighted by molar-refractivity contribution is -0.0405. The standard InChI is InChI=1S/C18H26N2/c1-12-3-2-4-17(5-12)20-18(11-19)15-7-13-6-14(9-15)10-16(18)8-13/h2-5,13-16,20H,6-11,19H2,1H3. The average molecular weight is 270 g/mol. The van der Waals surface area contributed by atoms with Crippen molar-refractivity contribution in [1.29, 1.82) is 0 Å². The molecule has 20 heavy (non-hydrogen) atoms. The van der Waals surface area contributed by atoms with Crippen molar-refractivity contribution in [2.75, 3.05) is 11.9 Å². The van der Waals surface area contributed by atoms with E-state index in [4.69, 9.17) is 5.73 Å². The molecule has 4 aliphatic carbocycles. The van der Waals surface area contributed by atoms with Crippen LogP contribution in [0.1, 0.15) is 37.7 Å². The molecule has 4 aliphatic rings. The van der Waals surface area contributed by atoms with E-state index in [1.54, 1.807) is 0 Å². The van der Waals surface area contributed by atoms with Crippen LogP contribution in [0.2, 0.25) is 0 Å². The first kappa shape index (κ1) is 12.7. The normalized spacial score (nSPS) is 41.9. The number of nitrogens with two attached hydrogens (primary N) is 1. The van der Waals surface area contributed by atoms with Gasteiger partial charge in [-0.3, -0.25) is 0 Å². The van der Waals surface area contributed by atoms with E-state index in [1.807, 2.05) is 0 Å². The molecular formula is C18H26N2. The summed E-state index contributed by atoms with van der Waals surface area (Å²) in [4.78, 5) is 0. The van der Waals surface area contributed by atoms with Crippen molar-refractivity contribution in [2.24, 2.45) is 29.4 Å². The number of hydrogen-bond donors (Lipinski definition) is 2. The minimum atomic E-state index is 0.168. The van der Waals surface area contributed by atoms with Crippen LogP contribution in [0, 0.1) is 30.6 Å². The van der Waals surface area contributed by atoms with Gasteiger partial charge in [0.25, 0.3) is 0 Å². The van der Waals surface area contributed by atoms with E-state index in [2.05, 4.69) is 36.5 Å². The number of anilines is 1. The van der Waals surface area contributed by atoms with Crippen molar-refractivity contribution in [2.45, 2.75) is 44.6 Å². The van der Waals surface area contributed by atoms with E-state index in [1.165, 1.54) is 43.4 Å². The fraction of sp³-hybridized carbons (Fsp3) is 0.667. The van der Waals surface area contributed by atoms with Gasteiger partial charge in [0.15, 0.2) is 0 Å². The molecule has 4 fully saturated rings. The van der Waals surface area contributed by atoms with Gasteiger partial charge in [-0.05, 0) is 80.4 Å². The number of benzene rings is 1. The van der Waals surface area contributed by atoms with Crippen LogP contribution >= 0.6 is 0 Å². The van der Waals surface area contributed by atoms with Crippen LogP contribution < -0.4 is 11.1 Å². The van der Waals surface area contributed by atoms with Crippen molar-refractivity contribution in [3.05, 3.63) is 29.8 Å². The molecule has 0 aliphatic heterocycles. The first-order chi connectivity index (χ1) is 9.69. The third-order valence-corrected chi connectivity index (χ3v) is 6.33. The van der Waals surface area contributed by atoms with Gasteiger partial charge in [-0.2, -0.15) is 0 Å². The van der Waals surface area contributed by atoms with Crippen molar-refractivity contribution in [3.8, 4) is 0 Å². The maximum absolute atomic E-state index is 6.31. The Bertz CT molecular complexity index is 480. The molecular weight excluding hydrogens is 244 g/mol. The van der Waals surface area contributed by atoms with Crippen LogP contribution in [-0.2, 0) is 0 Å². The highest BCUT2D eigenvalue weighted by molar-refractivity contribution is 5.49. The second-order valence-electron chi connectivity index (χ2n) is 7.54. The Morgan fingerprint density at radius 2 is 1.75 bits per heavy atom. The van der Waals surface area contributed by atoms with E-state index >= 15 is 0 Å². The van der Waals surface area contributed by atoms with Crippen molar-refractivity contribution >= 4 is 5.69 Å². The summed E-state index contributed by atoms with van der Waals surface area (Å²) >= 11 is 0. The molecule has 0 radical (unpaired) electrons. The minimum absolute atomic E-state index is 0.168. The summed E-state index contributed by atoms with van der Waals surface area (Å²) in [6.45, 7) is 2.95. The highest BCUT2D eigenvalue weighted by Gasteiger charge is 2.56. The van der Waals surface area contributed by atoms with Crippen LogP contribution in [0.15, 0.2) is 24.3 Å². The van der Waals surface area contributed by atoms with Crippen molar-refractivity contribution < 1.29 is 0 Å². The molecule has 0 aromatic heterocycles. The molecule has 4 bridgehead atoms. The van der Waals surface area contributed by atoms with Gasteiger partial charge in [0.2, 0.25) is 0 Å². The Labute approximate surface area is 122 Å². The minimum Gasteiger partial charge on any atom is -0.378 e. The Morgan fingerprint density at radius 1 is 1.10 bits per heavy atom. The smallest absolute Gasteiger partial charge is 0.0552 e. The van der Waals surface area contributed by atoms with E-state index in [0.717, 1.165) is 30.2 Å². The quantitative estimate of drug-likeness (QED) is 0.881. The SMILES string of the molecule is Cc1cccc(NC2(CN)C3CC4CC(C3)CC2C4)c1. The zero-order chi connectivity index (χ0) is 13.7. The van der Waals surface area contributed by atoms with Gasteiger partial charge >= 0.3 is 0 Å². The molecule has 1 aromatic rings. The predicted octanol–water partition coefficient (Wildman–Crippen LogP) is 3.56. The third-order valence-electron chi connectivity index (χ3n) is 6.33. The zero-order valence-electron chi connectivity index (χ0n) is 12.4.